The molecule has 0 radical (unpaired) electrons. The molecule has 0 atom stereocenters. The maximum atomic E-state index is 12.0. The van der Waals surface area contributed by atoms with E-state index in [1.54, 1.807) is 0 Å². The fraction of sp³-hybridized carbons (Fsp3) is 0.353. The van der Waals surface area contributed by atoms with Gasteiger partial charge in [0.1, 0.15) is 0 Å². The zero-order valence-electron chi connectivity index (χ0n) is 12.2. The van der Waals surface area contributed by atoms with Crippen LogP contribution in [0.3, 0.4) is 0 Å². The van der Waals surface area contributed by atoms with Gasteiger partial charge in [-0.05, 0) is 39.3 Å². The van der Waals surface area contributed by atoms with Gasteiger partial charge < -0.3 is 4.74 Å². The lowest BCUT2D eigenvalue weighted by molar-refractivity contribution is -0.138. The van der Waals surface area contributed by atoms with Gasteiger partial charge in [0.2, 0.25) is 0 Å². The highest BCUT2D eigenvalue weighted by atomic mass is 16.5. The molecule has 19 heavy (non-hydrogen) atoms. The van der Waals surface area contributed by atoms with Crippen molar-refractivity contribution < 1.29 is 9.53 Å². The lowest BCUT2D eigenvalue weighted by Crippen LogP contribution is -2.10. The van der Waals surface area contributed by atoms with Gasteiger partial charge in [-0.25, -0.2) is 4.79 Å². The first-order chi connectivity index (χ1) is 9.00. The molecule has 1 rings (SSSR count). The molecule has 0 saturated carbocycles. The van der Waals surface area contributed by atoms with Crippen LogP contribution in [0.5, 0.6) is 0 Å². The van der Waals surface area contributed by atoms with Gasteiger partial charge in [-0.2, -0.15) is 0 Å². The Hall–Kier alpha value is -1.83. The minimum atomic E-state index is -0.239. The van der Waals surface area contributed by atoms with Crippen LogP contribution >= 0.6 is 0 Å². The molecule has 0 aliphatic heterocycles. The molecule has 0 aromatic heterocycles. The fourth-order valence-corrected chi connectivity index (χ4v) is 1.68. The topological polar surface area (TPSA) is 26.3 Å². The van der Waals surface area contributed by atoms with E-state index in [4.69, 9.17) is 4.74 Å². The Morgan fingerprint density at radius 1 is 1.11 bits per heavy atom. The highest BCUT2D eigenvalue weighted by molar-refractivity contribution is 5.92. The summed E-state index contributed by atoms with van der Waals surface area (Å²) in [6, 6.07) is 10.0. The third-order valence-corrected chi connectivity index (χ3v) is 2.66. The summed E-state index contributed by atoms with van der Waals surface area (Å²) in [4.78, 5) is 12.0. The van der Waals surface area contributed by atoms with Crippen LogP contribution in [-0.2, 0) is 16.0 Å². The number of esters is 1. The van der Waals surface area contributed by atoms with Crippen molar-refractivity contribution in [2.24, 2.45) is 0 Å². The van der Waals surface area contributed by atoms with E-state index in [1.165, 1.54) is 5.56 Å². The molecule has 1 aromatic carbocycles. The molecule has 2 heteroatoms. The second kappa shape index (κ2) is 7.57. The molecular weight excluding hydrogens is 236 g/mol. The normalized spacial score (nSPS) is 9.68. The van der Waals surface area contributed by atoms with Gasteiger partial charge in [0.05, 0.1) is 12.2 Å². The van der Waals surface area contributed by atoms with Crippen LogP contribution in [0.4, 0.5) is 0 Å². The number of carbonyl (C=O) groups excluding carboxylic acids is 1. The van der Waals surface area contributed by atoms with Crippen molar-refractivity contribution in [3.05, 3.63) is 58.7 Å². The molecule has 0 saturated heterocycles. The maximum Gasteiger partial charge on any atom is 0.338 e. The highest BCUT2D eigenvalue weighted by Gasteiger charge is 2.10. The first-order valence-electron chi connectivity index (χ1n) is 6.54. The van der Waals surface area contributed by atoms with E-state index < -0.39 is 0 Å². The van der Waals surface area contributed by atoms with Crippen molar-refractivity contribution >= 4 is 5.97 Å². The van der Waals surface area contributed by atoms with Crippen LogP contribution in [0.15, 0.2) is 53.1 Å². The minimum absolute atomic E-state index is 0.239. The van der Waals surface area contributed by atoms with Crippen molar-refractivity contribution in [2.75, 3.05) is 6.61 Å². The summed E-state index contributed by atoms with van der Waals surface area (Å²) < 4.78 is 5.33. The summed E-state index contributed by atoms with van der Waals surface area (Å²) in [7, 11) is 0. The van der Waals surface area contributed by atoms with E-state index in [2.05, 4.69) is 0 Å². The summed E-state index contributed by atoms with van der Waals surface area (Å²) in [5.74, 6) is -0.239. The molecular formula is C17H22O2. The third-order valence-electron chi connectivity index (χ3n) is 2.66. The Morgan fingerprint density at radius 2 is 1.74 bits per heavy atom. The van der Waals surface area contributed by atoms with Crippen molar-refractivity contribution in [1.82, 2.24) is 0 Å². The summed E-state index contributed by atoms with van der Waals surface area (Å²) in [5, 5.41) is 0. The summed E-state index contributed by atoms with van der Waals surface area (Å²) in [6.45, 7) is 8.21. The van der Waals surface area contributed by atoms with Gasteiger partial charge >= 0.3 is 5.97 Å². The molecule has 0 bridgehead atoms. The van der Waals surface area contributed by atoms with Crippen LogP contribution in [-0.4, -0.2) is 12.6 Å². The summed E-state index contributed by atoms with van der Waals surface area (Å²) in [6.07, 6.45) is 2.62. The first kappa shape index (κ1) is 15.2. The molecule has 0 aliphatic carbocycles. The lowest BCUT2D eigenvalue weighted by atomic mass is 10.1. The van der Waals surface area contributed by atoms with Gasteiger partial charge in [-0.15, -0.1) is 0 Å². The Morgan fingerprint density at radius 3 is 2.26 bits per heavy atom. The molecule has 0 unspecified atom stereocenters. The number of hydrogen-bond acceptors (Lipinski definition) is 2. The molecule has 0 spiro atoms. The standard InChI is InChI=1S/C17H22O2/c1-13(2)12-16(14(3)4)17(18)19-11-10-15-8-6-5-7-9-15/h5-9,12H,10-11H2,1-4H3. The first-order valence-corrected chi connectivity index (χ1v) is 6.54. The Bertz CT molecular complexity index is 473. The average molecular weight is 258 g/mol. The Balaban J connectivity index is 2.55. The van der Waals surface area contributed by atoms with E-state index in [0.29, 0.717) is 12.2 Å². The minimum Gasteiger partial charge on any atom is -0.462 e. The SMILES string of the molecule is CC(C)=CC(C(=O)OCCc1ccccc1)=C(C)C. The zero-order chi connectivity index (χ0) is 14.3. The number of allylic oxidation sites excluding steroid dienone is 2. The van der Waals surface area contributed by atoms with Gasteiger partial charge in [-0.3, -0.25) is 0 Å². The fourth-order valence-electron chi connectivity index (χ4n) is 1.68. The molecule has 0 N–H and O–H groups in total. The molecule has 1 aromatic rings. The molecule has 0 aliphatic rings. The predicted octanol–water partition coefficient (Wildman–Crippen LogP) is 4.07. The van der Waals surface area contributed by atoms with Crippen LogP contribution in [0.2, 0.25) is 0 Å². The van der Waals surface area contributed by atoms with Crippen LogP contribution in [0.25, 0.3) is 0 Å². The second-order valence-electron chi connectivity index (χ2n) is 5.01. The molecule has 0 heterocycles. The molecule has 102 valence electrons. The van der Waals surface area contributed by atoms with Crippen LogP contribution < -0.4 is 0 Å². The van der Waals surface area contributed by atoms with Gasteiger partial charge in [0, 0.05) is 6.42 Å². The number of benzene rings is 1. The number of rotatable bonds is 5. The van der Waals surface area contributed by atoms with Crippen molar-refractivity contribution in [1.29, 1.82) is 0 Å². The molecule has 0 fully saturated rings. The second-order valence-corrected chi connectivity index (χ2v) is 5.01. The Kier molecular flexibility index (Phi) is 6.07. The number of hydrogen-bond donors (Lipinski definition) is 0. The lowest BCUT2D eigenvalue weighted by Gasteiger charge is -2.08. The predicted molar refractivity (Wildman–Crippen MR) is 78.9 cm³/mol. The quantitative estimate of drug-likeness (QED) is 0.452. The van der Waals surface area contributed by atoms with Crippen molar-refractivity contribution in [3.8, 4) is 0 Å². The number of ether oxygens (including phenoxy) is 1. The van der Waals surface area contributed by atoms with Crippen molar-refractivity contribution in [2.45, 2.75) is 34.1 Å². The van der Waals surface area contributed by atoms with Gasteiger partial charge in [0.15, 0.2) is 0 Å². The maximum absolute atomic E-state index is 12.0. The van der Waals surface area contributed by atoms with E-state index in [-0.39, 0.29) is 5.97 Å². The van der Waals surface area contributed by atoms with E-state index in [0.717, 1.165) is 17.6 Å². The van der Waals surface area contributed by atoms with E-state index in [9.17, 15) is 4.79 Å². The monoisotopic (exact) mass is 258 g/mol. The zero-order valence-corrected chi connectivity index (χ0v) is 12.2. The molecule has 2 nitrogen and oxygen atoms in total. The van der Waals surface area contributed by atoms with Crippen molar-refractivity contribution in [3.63, 3.8) is 0 Å². The van der Waals surface area contributed by atoms with Crippen LogP contribution in [0.1, 0.15) is 33.3 Å². The van der Waals surface area contributed by atoms with Crippen LogP contribution in [0, 0.1) is 0 Å². The summed E-state index contributed by atoms with van der Waals surface area (Å²) >= 11 is 0. The Labute approximate surface area is 115 Å². The third kappa shape index (κ3) is 5.56. The smallest absolute Gasteiger partial charge is 0.338 e. The number of carbonyl (C=O) groups is 1. The average Bonchev–Trinajstić information content (AvgIpc) is 2.36. The molecule has 0 amide bonds. The largest absolute Gasteiger partial charge is 0.462 e. The highest BCUT2D eigenvalue weighted by Crippen LogP contribution is 2.11. The van der Waals surface area contributed by atoms with Gasteiger partial charge in [0.25, 0.3) is 0 Å². The van der Waals surface area contributed by atoms with E-state index in [1.807, 2.05) is 64.1 Å². The summed E-state index contributed by atoms with van der Waals surface area (Å²) in [5.41, 5.74) is 3.91. The van der Waals surface area contributed by atoms with E-state index >= 15 is 0 Å². The van der Waals surface area contributed by atoms with Gasteiger partial charge in [-0.1, -0.05) is 41.5 Å².